The maximum absolute atomic E-state index is 12.7. The lowest BCUT2D eigenvalue weighted by Crippen LogP contribution is -2.52. The highest BCUT2D eigenvalue weighted by Gasteiger charge is 2.52. The number of rotatable bonds is 5. The van der Waals surface area contributed by atoms with Crippen LogP contribution >= 0.6 is 0 Å². The average Bonchev–Trinajstić information content (AvgIpc) is 3.20. The largest absolute Gasteiger partial charge is 0.468 e. The van der Waals surface area contributed by atoms with E-state index in [9.17, 15) is 14.4 Å². The third-order valence-electron chi connectivity index (χ3n) is 5.06. The number of nitrogens with one attached hydrogen (secondary N) is 3. The van der Waals surface area contributed by atoms with Gasteiger partial charge in [0.1, 0.15) is 11.3 Å². The van der Waals surface area contributed by atoms with Crippen LogP contribution in [0, 0.1) is 5.92 Å². The minimum atomic E-state index is -0.855. The van der Waals surface area contributed by atoms with E-state index in [0.29, 0.717) is 24.5 Å². The molecule has 1 saturated heterocycles. The van der Waals surface area contributed by atoms with Gasteiger partial charge in [-0.15, -0.1) is 0 Å². The van der Waals surface area contributed by atoms with Crippen LogP contribution in [0.3, 0.4) is 0 Å². The Bertz CT molecular complexity index is 650. The number of imide groups is 1. The van der Waals surface area contributed by atoms with E-state index in [1.165, 1.54) is 0 Å². The standard InChI is InChI=1S/C17H24N4O4/c1-11-5-7-17(8-6-11)15(23)21(16(24)19-17)20-14(22)10-18-12(2)13-4-3-9-25-13/h3-4,9,11-12,18H,5-8,10H2,1-2H3,(H,19,24)(H,20,22)/t11?,12-,17?/m1/s1. The van der Waals surface area contributed by atoms with Crippen molar-refractivity contribution in [2.24, 2.45) is 5.92 Å². The fourth-order valence-corrected chi connectivity index (χ4v) is 3.36. The Morgan fingerprint density at radius 3 is 2.80 bits per heavy atom. The first-order valence-electron chi connectivity index (χ1n) is 8.64. The maximum atomic E-state index is 12.7. The zero-order valence-electron chi connectivity index (χ0n) is 14.5. The van der Waals surface area contributed by atoms with Crippen molar-refractivity contribution in [1.29, 1.82) is 0 Å². The molecule has 136 valence electrons. The molecule has 8 heteroatoms. The zero-order chi connectivity index (χ0) is 18.0. The Balaban J connectivity index is 1.54. The molecule has 1 aliphatic carbocycles. The van der Waals surface area contributed by atoms with Gasteiger partial charge in [-0.1, -0.05) is 6.92 Å². The van der Waals surface area contributed by atoms with Crippen molar-refractivity contribution >= 4 is 17.8 Å². The Labute approximate surface area is 146 Å². The van der Waals surface area contributed by atoms with Gasteiger partial charge in [0.15, 0.2) is 0 Å². The molecule has 25 heavy (non-hydrogen) atoms. The summed E-state index contributed by atoms with van der Waals surface area (Å²) in [5.74, 6) is 0.435. The minimum Gasteiger partial charge on any atom is -0.468 e. The molecule has 8 nitrogen and oxygen atoms in total. The summed E-state index contributed by atoms with van der Waals surface area (Å²) in [5, 5.41) is 6.58. The Morgan fingerprint density at radius 2 is 2.16 bits per heavy atom. The first kappa shape index (κ1) is 17.5. The van der Waals surface area contributed by atoms with Crippen molar-refractivity contribution < 1.29 is 18.8 Å². The van der Waals surface area contributed by atoms with E-state index in [-0.39, 0.29) is 18.5 Å². The SMILES string of the molecule is CC1CCC2(CC1)NC(=O)N(NC(=O)CN[C@H](C)c1ccco1)C2=O. The van der Waals surface area contributed by atoms with E-state index in [4.69, 9.17) is 4.42 Å². The normalized spacial score (nSPS) is 27.4. The van der Waals surface area contributed by atoms with Crippen LogP contribution in [0.25, 0.3) is 0 Å². The van der Waals surface area contributed by atoms with Gasteiger partial charge in [0.05, 0.1) is 18.8 Å². The van der Waals surface area contributed by atoms with Gasteiger partial charge in [-0.3, -0.25) is 20.3 Å². The molecule has 4 amide bonds. The van der Waals surface area contributed by atoms with E-state index in [0.717, 1.165) is 17.9 Å². The molecule has 0 unspecified atom stereocenters. The number of hydrogen-bond donors (Lipinski definition) is 3. The Morgan fingerprint density at radius 1 is 1.44 bits per heavy atom. The van der Waals surface area contributed by atoms with Crippen molar-refractivity contribution in [3.05, 3.63) is 24.2 Å². The van der Waals surface area contributed by atoms with Crippen LogP contribution in [-0.2, 0) is 9.59 Å². The van der Waals surface area contributed by atoms with Crippen molar-refractivity contribution in [3.63, 3.8) is 0 Å². The number of hydrazine groups is 1. The monoisotopic (exact) mass is 348 g/mol. The first-order chi connectivity index (χ1) is 11.9. The molecule has 1 spiro atoms. The molecule has 0 aromatic carbocycles. The number of hydrogen-bond acceptors (Lipinski definition) is 5. The summed E-state index contributed by atoms with van der Waals surface area (Å²) in [6.07, 6.45) is 4.55. The fourth-order valence-electron chi connectivity index (χ4n) is 3.36. The van der Waals surface area contributed by atoms with Crippen molar-refractivity contribution in [2.75, 3.05) is 6.54 Å². The van der Waals surface area contributed by atoms with Crippen LogP contribution in [0.1, 0.15) is 51.3 Å². The van der Waals surface area contributed by atoms with Crippen LogP contribution in [-0.4, -0.2) is 34.9 Å². The number of urea groups is 1. The van der Waals surface area contributed by atoms with E-state index in [1.54, 1.807) is 18.4 Å². The second-order valence-electron chi connectivity index (χ2n) is 6.99. The topological polar surface area (TPSA) is 104 Å². The number of nitrogens with zero attached hydrogens (tertiary/aromatic N) is 1. The third kappa shape index (κ3) is 3.53. The molecule has 2 fully saturated rings. The molecular weight excluding hydrogens is 324 g/mol. The summed E-state index contributed by atoms with van der Waals surface area (Å²) in [4.78, 5) is 36.9. The predicted molar refractivity (Wildman–Crippen MR) is 89.0 cm³/mol. The van der Waals surface area contributed by atoms with Crippen molar-refractivity contribution in [1.82, 2.24) is 21.1 Å². The summed E-state index contributed by atoms with van der Waals surface area (Å²) < 4.78 is 5.26. The third-order valence-corrected chi connectivity index (χ3v) is 5.06. The highest BCUT2D eigenvalue weighted by Crippen LogP contribution is 2.35. The zero-order valence-corrected chi connectivity index (χ0v) is 14.5. The lowest BCUT2D eigenvalue weighted by Gasteiger charge is -2.33. The first-order valence-corrected chi connectivity index (χ1v) is 8.64. The number of amides is 4. The van der Waals surface area contributed by atoms with Gasteiger partial charge in [-0.2, -0.15) is 5.01 Å². The summed E-state index contributed by atoms with van der Waals surface area (Å²) in [5.41, 5.74) is 1.55. The van der Waals surface area contributed by atoms with Gasteiger partial charge in [0, 0.05) is 0 Å². The van der Waals surface area contributed by atoms with Crippen LogP contribution < -0.4 is 16.1 Å². The van der Waals surface area contributed by atoms with Gasteiger partial charge in [-0.05, 0) is 50.7 Å². The second kappa shape index (κ2) is 6.87. The molecule has 3 N–H and O–H groups in total. The number of carbonyl (C=O) groups excluding carboxylic acids is 3. The molecule has 1 aliphatic heterocycles. The molecule has 0 radical (unpaired) electrons. The highest BCUT2D eigenvalue weighted by molar-refractivity contribution is 6.08. The molecule has 2 heterocycles. The average molecular weight is 348 g/mol. The quantitative estimate of drug-likeness (QED) is 0.699. The smallest absolute Gasteiger partial charge is 0.344 e. The van der Waals surface area contributed by atoms with E-state index in [1.807, 2.05) is 6.92 Å². The van der Waals surface area contributed by atoms with Gasteiger partial charge in [0.2, 0.25) is 0 Å². The fraction of sp³-hybridized carbons (Fsp3) is 0.588. The van der Waals surface area contributed by atoms with E-state index < -0.39 is 17.5 Å². The molecule has 1 aromatic heterocycles. The van der Waals surface area contributed by atoms with Gasteiger partial charge >= 0.3 is 6.03 Å². The molecule has 1 atom stereocenters. The summed E-state index contributed by atoms with van der Waals surface area (Å²) in [7, 11) is 0. The van der Waals surface area contributed by atoms with E-state index in [2.05, 4.69) is 23.0 Å². The van der Waals surface area contributed by atoms with Gasteiger partial charge in [-0.25, -0.2) is 4.79 Å². The molecule has 0 bridgehead atoms. The van der Waals surface area contributed by atoms with Crippen LogP contribution in [0.5, 0.6) is 0 Å². The van der Waals surface area contributed by atoms with Crippen LogP contribution in [0.4, 0.5) is 4.79 Å². The summed E-state index contributed by atoms with van der Waals surface area (Å²) in [6, 6.07) is 2.86. The molecule has 1 aromatic rings. The van der Waals surface area contributed by atoms with Gasteiger partial charge in [0.25, 0.3) is 11.8 Å². The van der Waals surface area contributed by atoms with E-state index >= 15 is 0 Å². The summed E-state index contributed by atoms with van der Waals surface area (Å²) in [6.45, 7) is 3.96. The molecule has 3 rings (SSSR count). The summed E-state index contributed by atoms with van der Waals surface area (Å²) >= 11 is 0. The molecular formula is C17H24N4O4. The van der Waals surface area contributed by atoms with Gasteiger partial charge < -0.3 is 9.73 Å². The predicted octanol–water partition coefficient (Wildman–Crippen LogP) is 1.46. The Hall–Kier alpha value is -2.35. The lowest BCUT2D eigenvalue weighted by molar-refractivity contribution is -0.139. The maximum Gasteiger partial charge on any atom is 0.344 e. The lowest BCUT2D eigenvalue weighted by atomic mass is 9.77. The Kier molecular flexibility index (Phi) is 4.80. The van der Waals surface area contributed by atoms with Crippen LogP contribution in [0.15, 0.2) is 22.8 Å². The molecule has 1 saturated carbocycles. The number of furan rings is 1. The second-order valence-corrected chi connectivity index (χ2v) is 6.99. The van der Waals surface area contributed by atoms with Crippen molar-refractivity contribution in [3.8, 4) is 0 Å². The van der Waals surface area contributed by atoms with Crippen LogP contribution in [0.2, 0.25) is 0 Å². The highest BCUT2D eigenvalue weighted by atomic mass is 16.3. The minimum absolute atomic E-state index is 0.0387. The van der Waals surface area contributed by atoms with Crippen molar-refractivity contribution in [2.45, 2.75) is 51.1 Å². The number of carbonyl (C=O) groups is 3. The molecule has 2 aliphatic rings.